The van der Waals surface area contributed by atoms with E-state index in [0.717, 1.165) is 12.1 Å². The number of carbonyl (C=O) groups excluding carboxylic acids is 1. The molecule has 8 nitrogen and oxygen atoms in total. The third-order valence-electron chi connectivity index (χ3n) is 5.06. The van der Waals surface area contributed by atoms with Crippen LogP contribution >= 0.6 is 0 Å². The molecule has 8 heteroatoms. The summed E-state index contributed by atoms with van der Waals surface area (Å²) in [4.78, 5) is 22.7. The van der Waals surface area contributed by atoms with Gasteiger partial charge in [0.2, 0.25) is 5.76 Å². The van der Waals surface area contributed by atoms with Crippen molar-refractivity contribution in [2.24, 2.45) is 11.8 Å². The minimum atomic E-state index is -0.119. The van der Waals surface area contributed by atoms with Crippen molar-refractivity contribution >= 4 is 5.91 Å². The minimum Gasteiger partial charge on any atom is -0.463 e. The van der Waals surface area contributed by atoms with Crippen molar-refractivity contribution < 1.29 is 18.8 Å². The van der Waals surface area contributed by atoms with Gasteiger partial charge in [-0.1, -0.05) is 5.16 Å². The normalized spacial score (nSPS) is 24.7. The third kappa shape index (κ3) is 3.41. The van der Waals surface area contributed by atoms with Gasteiger partial charge >= 0.3 is 6.01 Å². The Kier molecular flexibility index (Phi) is 4.58. The average molecular weight is 358 g/mol. The molecule has 138 valence electrons. The molecule has 0 saturated carbocycles. The quantitative estimate of drug-likeness (QED) is 0.802. The van der Waals surface area contributed by atoms with Crippen LogP contribution in [-0.2, 0) is 4.74 Å². The van der Waals surface area contributed by atoms with Crippen molar-refractivity contribution in [1.82, 2.24) is 20.0 Å². The van der Waals surface area contributed by atoms with E-state index in [9.17, 15) is 4.79 Å². The molecule has 0 aliphatic carbocycles. The van der Waals surface area contributed by atoms with Gasteiger partial charge in [0.05, 0.1) is 25.0 Å². The Morgan fingerprint density at radius 2 is 2.23 bits per heavy atom. The van der Waals surface area contributed by atoms with E-state index in [1.807, 2.05) is 13.0 Å². The fourth-order valence-electron chi connectivity index (χ4n) is 3.68. The zero-order valence-electron chi connectivity index (χ0n) is 14.9. The number of amides is 1. The molecule has 2 saturated heterocycles. The van der Waals surface area contributed by atoms with Crippen LogP contribution in [0.5, 0.6) is 6.01 Å². The average Bonchev–Trinajstić information content (AvgIpc) is 3.31. The smallest absolute Gasteiger partial charge is 0.316 e. The lowest BCUT2D eigenvalue weighted by molar-refractivity contribution is 0.0638. The van der Waals surface area contributed by atoms with Crippen LogP contribution in [0.15, 0.2) is 22.9 Å². The summed E-state index contributed by atoms with van der Waals surface area (Å²) in [5.41, 5.74) is 1.59. The van der Waals surface area contributed by atoms with Gasteiger partial charge in [-0.25, -0.2) is 9.97 Å². The van der Waals surface area contributed by atoms with Gasteiger partial charge in [-0.05, 0) is 32.3 Å². The van der Waals surface area contributed by atoms with Gasteiger partial charge in [-0.3, -0.25) is 4.79 Å². The van der Waals surface area contributed by atoms with Crippen molar-refractivity contribution in [3.8, 4) is 6.01 Å². The van der Waals surface area contributed by atoms with Crippen LogP contribution in [-0.4, -0.2) is 58.3 Å². The van der Waals surface area contributed by atoms with Crippen LogP contribution in [0.1, 0.15) is 28.4 Å². The summed E-state index contributed by atoms with van der Waals surface area (Å²) in [6.45, 7) is 6.23. The Balaban J connectivity index is 1.31. The SMILES string of the molecule is Cc1cc(C(=O)N2C[C@H]3[C@@H](CCOc4nccc(C)n4)CO[C@H]3C2)on1. The fraction of sp³-hybridized carbons (Fsp3) is 0.556. The molecule has 2 aromatic heterocycles. The van der Waals surface area contributed by atoms with E-state index >= 15 is 0 Å². The van der Waals surface area contributed by atoms with Gasteiger partial charge in [0.15, 0.2) is 0 Å². The molecule has 4 rings (SSSR count). The van der Waals surface area contributed by atoms with Crippen molar-refractivity contribution in [2.75, 3.05) is 26.3 Å². The number of aromatic nitrogens is 3. The maximum atomic E-state index is 12.5. The van der Waals surface area contributed by atoms with E-state index in [1.54, 1.807) is 24.1 Å². The second kappa shape index (κ2) is 7.03. The number of hydrogen-bond donors (Lipinski definition) is 0. The van der Waals surface area contributed by atoms with Gasteiger partial charge in [-0.2, -0.15) is 0 Å². The Morgan fingerprint density at radius 1 is 1.35 bits per heavy atom. The Morgan fingerprint density at radius 3 is 3.00 bits per heavy atom. The number of likely N-dealkylation sites (tertiary alicyclic amines) is 1. The maximum Gasteiger partial charge on any atom is 0.316 e. The van der Waals surface area contributed by atoms with Crippen LogP contribution in [0.2, 0.25) is 0 Å². The van der Waals surface area contributed by atoms with Gasteiger partial charge in [0.25, 0.3) is 5.91 Å². The highest BCUT2D eigenvalue weighted by molar-refractivity contribution is 5.91. The number of hydrogen-bond acceptors (Lipinski definition) is 7. The molecule has 0 aromatic carbocycles. The highest BCUT2D eigenvalue weighted by atomic mass is 16.5. The number of fused-ring (bicyclic) bond motifs is 1. The first-order valence-corrected chi connectivity index (χ1v) is 8.87. The molecule has 2 fully saturated rings. The van der Waals surface area contributed by atoms with Gasteiger partial charge in [0, 0.05) is 37.0 Å². The molecule has 2 aliphatic rings. The van der Waals surface area contributed by atoms with E-state index in [0.29, 0.717) is 55.6 Å². The van der Waals surface area contributed by atoms with Crippen molar-refractivity contribution in [2.45, 2.75) is 26.4 Å². The molecular weight excluding hydrogens is 336 g/mol. The molecule has 0 radical (unpaired) electrons. The lowest BCUT2D eigenvalue weighted by atomic mass is 9.91. The standard InChI is InChI=1S/C18H22N4O4/c1-11-3-5-19-18(20-11)24-6-4-13-10-25-16-9-22(8-14(13)16)17(23)15-7-12(2)21-26-15/h3,5,7,13-14,16H,4,6,8-10H2,1-2H3/t13-,14-,16-/m0/s1. The first-order chi connectivity index (χ1) is 12.6. The van der Waals surface area contributed by atoms with E-state index in [1.165, 1.54) is 0 Å². The van der Waals surface area contributed by atoms with Gasteiger partial charge in [-0.15, -0.1) is 0 Å². The van der Waals surface area contributed by atoms with Crippen molar-refractivity contribution in [1.29, 1.82) is 0 Å². The largest absolute Gasteiger partial charge is 0.463 e. The molecule has 2 aliphatic heterocycles. The molecule has 3 atom stereocenters. The number of carbonyl (C=O) groups is 1. The van der Waals surface area contributed by atoms with E-state index in [2.05, 4.69) is 15.1 Å². The first kappa shape index (κ1) is 17.0. The summed E-state index contributed by atoms with van der Waals surface area (Å²) < 4.78 is 16.7. The summed E-state index contributed by atoms with van der Waals surface area (Å²) >= 11 is 0. The minimum absolute atomic E-state index is 0.0863. The highest BCUT2D eigenvalue weighted by Gasteiger charge is 2.45. The van der Waals surface area contributed by atoms with Crippen molar-refractivity contribution in [3.63, 3.8) is 0 Å². The Labute approximate surface area is 151 Å². The molecular formula is C18H22N4O4. The number of rotatable bonds is 5. The van der Waals surface area contributed by atoms with Crippen molar-refractivity contribution in [3.05, 3.63) is 35.5 Å². The van der Waals surface area contributed by atoms with Gasteiger partial charge < -0.3 is 18.9 Å². The maximum absolute atomic E-state index is 12.5. The summed E-state index contributed by atoms with van der Waals surface area (Å²) in [6, 6.07) is 3.91. The summed E-state index contributed by atoms with van der Waals surface area (Å²) in [7, 11) is 0. The van der Waals surface area contributed by atoms with Crippen LogP contribution in [0.3, 0.4) is 0 Å². The van der Waals surface area contributed by atoms with Gasteiger partial charge in [0.1, 0.15) is 0 Å². The third-order valence-corrected chi connectivity index (χ3v) is 5.06. The molecule has 0 bridgehead atoms. The number of aryl methyl sites for hydroxylation is 2. The van der Waals surface area contributed by atoms with E-state index in [-0.39, 0.29) is 12.0 Å². The Bertz CT molecular complexity index is 793. The summed E-state index contributed by atoms with van der Waals surface area (Å²) in [5.74, 6) is 0.856. The monoisotopic (exact) mass is 358 g/mol. The predicted octanol–water partition coefficient (Wildman–Crippen LogP) is 1.64. The topological polar surface area (TPSA) is 90.6 Å². The van der Waals surface area contributed by atoms with Crippen LogP contribution in [0, 0.1) is 25.7 Å². The van der Waals surface area contributed by atoms with E-state index in [4.69, 9.17) is 14.0 Å². The number of nitrogens with zero attached hydrogens (tertiary/aromatic N) is 4. The van der Waals surface area contributed by atoms with Crippen LogP contribution in [0.4, 0.5) is 0 Å². The molecule has 2 aromatic rings. The number of ether oxygens (including phenoxy) is 2. The molecule has 0 spiro atoms. The summed E-state index contributed by atoms with van der Waals surface area (Å²) in [6.07, 6.45) is 2.63. The molecule has 0 N–H and O–H groups in total. The second-order valence-corrected chi connectivity index (χ2v) is 6.96. The van der Waals surface area contributed by atoms with Crippen LogP contribution in [0.25, 0.3) is 0 Å². The highest BCUT2D eigenvalue weighted by Crippen LogP contribution is 2.36. The lowest BCUT2D eigenvalue weighted by Crippen LogP contribution is -2.31. The summed E-state index contributed by atoms with van der Waals surface area (Å²) in [5, 5.41) is 3.79. The fourth-order valence-corrected chi connectivity index (χ4v) is 3.68. The zero-order valence-corrected chi connectivity index (χ0v) is 14.9. The molecule has 26 heavy (non-hydrogen) atoms. The molecule has 4 heterocycles. The second-order valence-electron chi connectivity index (χ2n) is 6.96. The predicted molar refractivity (Wildman–Crippen MR) is 90.7 cm³/mol. The van der Waals surface area contributed by atoms with Crippen LogP contribution < -0.4 is 4.74 Å². The zero-order chi connectivity index (χ0) is 18.1. The molecule has 0 unspecified atom stereocenters. The molecule has 1 amide bonds. The lowest BCUT2D eigenvalue weighted by Gasteiger charge is -2.18. The van der Waals surface area contributed by atoms with E-state index < -0.39 is 0 Å². The first-order valence-electron chi connectivity index (χ1n) is 8.87. The Hall–Kier alpha value is -2.48.